The maximum atomic E-state index is 13.5. The summed E-state index contributed by atoms with van der Waals surface area (Å²) in [6.45, 7) is 1.06. The van der Waals surface area contributed by atoms with E-state index in [1.807, 2.05) is 0 Å². The number of rotatable bonds is 6. The first kappa shape index (κ1) is 24.0. The van der Waals surface area contributed by atoms with Crippen LogP contribution in [0.5, 0.6) is 0 Å². The van der Waals surface area contributed by atoms with E-state index >= 15 is 0 Å². The Kier molecular flexibility index (Phi) is 7.37. The molecule has 10 heteroatoms. The lowest BCUT2D eigenvalue weighted by Crippen LogP contribution is -2.52. The molecule has 0 radical (unpaired) electrons. The summed E-state index contributed by atoms with van der Waals surface area (Å²) in [5.41, 5.74) is 1.77. The number of nitrogens with zero attached hydrogens (tertiary/aromatic N) is 3. The zero-order chi connectivity index (χ0) is 24.2. The van der Waals surface area contributed by atoms with Gasteiger partial charge >= 0.3 is 0 Å². The fraction of sp³-hybridized carbons (Fsp3) is 0.333. The number of carbonyl (C=O) groups excluding carboxylic acids is 2. The van der Waals surface area contributed by atoms with Gasteiger partial charge < -0.3 is 19.9 Å². The van der Waals surface area contributed by atoms with Crippen LogP contribution in [0.1, 0.15) is 34.5 Å². The Morgan fingerprint density at radius 1 is 1.26 bits per heavy atom. The first-order valence-corrected chi connectivity index (χ1v) is 11.6. The summed E-state index contributed by atoms with van der Waals surface area (Å²) >= 11 is 12.0. The molecule has 0 bridgehead atoms. The number of amides is 2. The smallest absolute Gasteiger partial charge is 0.268 e. The van der Waals surface area contributed by atoms with Gasteiger partial charge in [0, 0.05) is 43.2 Å². The summed E-state index contributed by atoms with van der Waals surface area (Å²) < 4.78 is 5.40. The zero-order valence-electron chi connectivity index (χ0n) is 18.5. The number of benzene rings is 1. The van der Waals surface area contributed by atoms with Crippen molar-refractivity contribution in [2.75, 3.05) is 20.2 Å². The lowest BCUT2D eigenvalue weighted by atomic mass is 9.98. The number of pyridine rings is 1. The van der Waals surface area contributed by atoms with E-state index in [-0.39, 0.29) is 24.1 Å². The monoisotopic (exact) mass is 499 g/mol. The number of carbonyl (C=O) groups is 2. The molecule has 3 aromatic rings. The summed E-state index contributed by atoms with van der Waals surface area (Å²) in [7, 11) is 1.66. The van der Waals surface area contributed by atoms with Crippen LogP contribution in [-0.4, -0.2) is 59.0 Å². The molecule has 34 heavy (non-hydrogen) atoms. The number of nitrogens with one attached hydrogen (secondary N) is 2. The fourth-order valence-electron chi connectivity index (χ4n) is 4.13. The average molecular weight is 500 g/mol. The van der Waals surface area contributed by atoms with Crippen LogP contribution in [0.25, 0.3) is 11.0 Å². The van der Waals surface area contributed by atoms with Crippen LogP contribution < -0.4 is 5.32 Å². The highest BCUT2D eigenvalue weighted by molar-refractivity contribution is 6.31. The largest absolute Gasteiger partial charge is 0.381 e. The van der Waals surface area contributed by atoms with Crippen LogP contribution in [-0.2, 0) is 16.0 Å². The number of hydrogen-bond donors (Lipinski definition) is 2. The molecular weight excluding hydrogens is 477 g/mol. The van der Waals surface area contributed by atoms with Crippen molar-refractivity contribution >= 4 is 46.0 Å². The van der Waals surface area contributed by atoms with Crippen LogP contribution in [0.3, 0.4) is 0 Å². The second-order valence-corrected chi connectivity index (χ2v) is 9.05. The summed E-state index contributed by atoms with van der Waals surface area (Å²) in [5, 5.41) is 14.0. The minimum atomic E-state index is -0.872. The lowest BCUT2D eigenvalue weighted by molar-refractivity contribution is -0.135. The molecule has 0 spiro atoms. The fourth-order valence-corrected chi connectivity index (χ4v) is 4.47. The van der Waals surface area contributed by atoms with Gasteiger partial charge in [-0.3, -0.25) is 9.59 Å². The molecule has 1 aromatic carbocycles. The maximum absolute atomic E-state index is 13.5. The van der Waals surface area contributed by atoms with E-state index in [4.69, 9.17) is 27.9 Å². The highest BCUT2D eigenvalue weighted by Crippen LogP contribution is 2.21. The predicted octanol–water partition coefficient (Wildman–Crippen LogP) is 3.72. The Bertz CT molecular complexity index is 1260. The average Bonchev–Trinajstić information content (AvgIpc) is 3.27. The summed E-state index contributed by atoms with van der Waals surface area (Å²) in [6, 6.07) is 9.51. The van der Waals surface area contributed by atoms with E-state index in [2.05, 4.69) is 21.4 Å². The molecule has 1 fully saturated rings. The van der Waals surface area contributed by atoms with Crippen molar-refractivity contribution in [3.8, 4) is 6.07 Å². The third kappa shape index (κ3) is 5.33. The van der Waals surface area contributed by atoms with Gasteiger partial charge in [-0.1, -0.05) is 29.3 Å². The molecule has 176 valence electrons. The number of aromatic nitrogens is 2. The molecule has 1 aliphatic rings. The van der Waals surface area contributed by atoms with Gasteiger partial charge in [-0.25, -0.2) is 4.98 Å². The lowest BCUT2D eigenvalue weighted by Gasteiger charge is -2.34. The van der Waals surface area contributed by atoms with Crippen molar-refractivity contribution < 1.29 is 14.3 Å². The van der Waals surface area contributed by atoms with E-state index in [0.29, 0.717) is 45.3 Å². The SMILES string of the molecule is COC1CCN(C(=O)C(Cc2ccc(Cl)cc2C#N)NC(=O)c2cc3cc(Cl)cnc3[nH]2)CC1. The number of piperidine rings is 1. The summed E-state index contributed by atoms with van der Waals surface area (Å²) in [5.74, 6) is -0.661. The van der Waals surface area contributed by atoms with E-state index < -0.39 is 11.9 Å². The Labute approximate surface area is 206 Å². The van der Waals surface area contributed by atoms with Gasteiger partial charge in [0.1, 0.15) is 17.4 Å². The number of H-pyrrole nitrogens is 1. The minimum Gasteiger partial charge on any atom is -0.381 e. The molecule has 4 rings (SSSR count). The molecule has 2 aromatic heterocycles. The van der Waals surface area contributed by atoms with Crippen molar-refractivity contribution in [3.05, 3.63) is 63.4 Å². The normalized spacial score (nSPS) is 15.2. The van der Waals surface area contributed by atoms with Crippen LogP contribution in [0.15, 0.2) is 36.5 Å². The number of fused-ring (bicyclic) bond motifs is 1. The van der Waals surface area contributed by atoms with E-state index in [0.717, 1.165) is 12.8 Å². The number of halogens is 2. The molecule has 8 nitrogen and oxygen atoms in total. The molecule has 0 aliphatic carbocycles. The third-order valence-electron chi connectivity index (χ3n) is 5.99. The second kappa shape index (κ2) is 10.4. The van der Waals surface area contributed by atoms with Gasteiger partial charge in [0.25, 0.3) is 5.91 Å². The number of nitriles is 1. The number of aromatic amines is 1. The molecule has 1 unspecified atom stereocenters. The van der Waals surface area contributed by atoms with Crippen LogP contribution >= 0.6 is 23.2 Å². The van der Waals surface area contributed by atoms with Gasteiger partial charge in [0.05, 0.1) is 22.8 Å². The first-order valence-electron chi connectivity index (χ1n) is 10.8. The van der Waals surface area contributed by atoms with E-state index in [9.17, 15) is 14.9 Å². The van der Waals surface area contributed by atoms with Crippen LogP contribution in [0.2, 0.25) is 10.0 Å². The van der Waals surface area contributed by atoms with E-state index in [1.165, 1.54) is 6.20 Å². The van der Waals surface area contributed by atoms with Crippen LogP contribution in [0, 0.1) is 11.3 Å². The maximum Gasteiger partial charge on any atom is 0.268 e. The van der Waals surface area contributed by atoms with Crippen molar-refractivity contribution in [2.45, 2.75) is 31.4 Å². The van der Waals surface area contributed by atoms with Gasteiger partial charge in [-0.15, -0.1) is 0 Å². The van der Waals surface area contributed by atoms with Gasteiger partial charge in [0.2, 0.25) is 5.91 Å². The van der Waals surface area contributed by atoms with E-state index in [1.54, 1.807) is 42.3 Å². The minimum absolute atomic E-state index is 0.115. The number of ether oxygens (including phenoxy) is 1. The van der Waals surface area contributed by atoms with Gasteiger partial charge in [0.15, 0.2) is 0 Å². The second-order valence-electron chi connectivity index (χ2n) is 8.18. The summed E-state index contributed by atoms with van der Waals surface area (Å²) in [6.07, 6.45) is 3.20. The molecule has 1 atom stereocenters. The topological polar surface area (TPSA) is 111 Å². The quantitative estimate of drug-likeness (QED) is 0.536. The standard InChI is InChI=1S/C24H23Cl2N5O3/c1-34-19-4-6-31(7-5-19)24(33)21(10-14-2-3-17(25)9-16(14)12-27)30-23(32)20-11-15-8-18(26)13-28-22(15)29-20/h2-3,8-9,11,13,19,21H,4-7,10H2,1H3,(H,28,29)(H,30,32). The van der Waals surface area contributed by atoms with Crippen molar-refractivity contribution in [1.82, 2.24) is 20.2 Å². The first-order chi connectivity index (χ1) is 16.4. The summed E-state index contributed by atoms with van der Waals surface area (Å²) in [4.78, 5) is 35.5. The number of hydrogen-bond acceptors (Lipinski definition) is 5. The predicted molar refractivity (Wildman–Crippen MR) is 129 cm³/mol. The van der Waals surface area contributed by atoms with Crippen molar-refractivity contribution in [3.63, 3.8) is 0 Å². The van der Waals surface area contributed by atoms with Gasteiger partial charge in [-0.2, -0.15) is 5.26 Å². The zero-order valence-corrected chi connectivity index (χ0v) is 20.0. The highest BCUT2D eigenvalue weighted by Gasteiger charge is 2.30. The number of likely N-dealkylation sites (tertiary alicyclic amines) is 1. The Morgan fingerprint density at radius 3 is 2.74 bits per heavy atom. The molecule has 2 amide bonds. The number of methoxy groups -OCH3 is 1. The van der Waals surface area contributed by atoms with Crippen LogP contribution in [0.4, 0.5) is 0 Å². The molecule has 1 saturated heterocycles. The molecule has 2 N–H and O–H groups in total. The van der Waals surface area contributed by atoms with Crippen molar-refractivity contribution in [2.24, 2.45) is 0 Å². The molecular formula is C24H23Cl2N5O3. The molecule has 0 saturated carbocycles. The Morgan fingerprint density at radius 2 is 2.03 bits per heavy atom. The Hall–Kier alpha value is -3.12. The highest BCUT2D eigenvalue weighted by atomic mass is 35.5. The molecule has 1 aliphatic heterocycles. The van der Waals surface area contributed by atoms with Gasteiger partial charge in [-0.05, 0) is 42.7 Å². The Balaban J connectivity index is 1.59. The third-order valence-corrected chi connectivity index (χ3v) is 6.43. The molecule has 3 heterocycles. The van der Waals surface area contributed by atoms with Crippen molar-refractivity contribution in [1.29, 1.82) is 5.26 Å².